The van der Waals surface area contributed by atoms with Gasteiger partial charge in [-0.1, -0.05) is 0 Å². The predicted molar refractivity (Wildman–Crippen MR) is 63.3 cm³/mol. The molecule has 0 spiro atoms. The molecule has 0 radical (unpaired) electrons. The average molecular weight is 266 g/mol. The molecule has 1 heterocycles. The minimum absolute atomic E-state index is 0.0484. The van der Waals surface area contributed by atoms with Crippen LogP contribution in [0.1, 0.15) is 17.4 Å². The Labute approximate surface area is 107 Å². The molecule has 6 nitrogen and oxygen atoms in total. The number of aromatic nitrogens is 1. The van der Waals surface area contributed by atoms with Crippen LogP contribution < -0.4 is 10.5 Å². The number of ether oxygens (including phenoxy) is 2. The highest BCUT2D eigenvalue weighted by molar-refractivity contribution is 5.86. The number of halogens is 1. The van der Waals surface area contributed by atoms with Gasteiger partial charge in [-0.25, -0.2) is 9.18 Å². The van der Waals surface area contributed by atoms with Crippen molar-refractivity contribution in [3.05, 3.63) is 36.0 Å². The van der Waals surface area contributed by atoms with E-state index in [1.807, 2.05) is 0 Å². The normalized spacial score (nSPS) is 10.2. The molecule has 19 heavy (non-hydrogen) atoms. The minimum Gasteiger partial charge on any atom is -0.461 e. The number of carbonyl (C=O) groups is 1. The standard InChI is InChI=1S/C12H11FN2O4/c1-2-17-11(16)9-6-18-12(15-9)19-10-4-3-7(14)5-8(10)13/h3-6H,2,14H2,1H3. The van der Waals surface area contributed by atoms with Gasteiger partial charge in [0.05, 0.1) is 6.61 Å². The number of esters is 1. The van der Waals surface area contributed by atoms with Gasteiger partial charge in [-0.15, -0.1) is 0 Å². The van der Waals surface area contributed by atoms with Gasteiger partial charge in [0, 0.05) is 11.8 Å². The van der Waals surface area contributed by atoms with Crippen molar-refractivity contribution in [1.29, 1.82) is 0 Å². The third kappa shape index (κ3) is 3.01. The van der Waals surface area contributed by atoms with Gasteiger partial charge in [-0.05, 0) is 19.1 Å². The number of hydrogen-bond donors (Lipinski definition) is 1. The highest BCUT2D eigenvalue weighted by atomic mass is 19.1. The van der Waals surface area contributed by atoms with E-state index in [2.05, 4.69) is 4.98 Å². The number of anilines is 1. The van der Waals surface area contributed by atoms with Gasteiger partial charge in [-0.3, -0.25) is 0 Å². The third-order valence-corrected chi connectivity index (χ3v) is 2.12. The molecule has 0 atom stereocenters. The lowest BCUT2D eigenvalue weighted by Gasteiger charge is -2.02. The van der Waals surface area contributed by atoms with E-state index in [9.17, 15) is 9.18 Å². The molecule has 1 aromatic carbocycles. The summed E-state index contributed by atoms with van der Waals surface area (Å²) in [5, 5.41) is 0. The summed E-state index contributed by atoms with van der Waals surface area (Å²) in [5.41, 5.74) is 5.62. The van der Waals surface area contributed by atoms with Crippen molar-refractivity contribution in [2.45, 2.75) is 6.92 Å². The SMILES string of the molecule is CCOC(=O)c1coc(Oc2ccc(N)cc2F)n1. The molecule has 0 saturated carbocycles. The zero-order valence-corrected chi connectivity index (χ0v) is 10.1. The second kappa shape index (κ2) is 5.38. The molecule has 2 rings (SSSR count). The van der Waals surface area contributed by atoms with Crippen LogP contribution in [0.25, 0.3) is 0 Å². The lowest BCUT2D eigenvalue weighted by molar-refractivity contribution is 0.0519. The van der Waals surface area contributed by atoms with Crippen LogP contribution in [0.2, 0.25) is 0 Å². The van der Waals surface area contributed by atoms with E-state index in [-0.39, 0.29) is 29.8 Å². The van der Waals surface area contributed by atoms with Crippen molar-refractivity contribution in [2.24, 2.45) is 0 Å². The Morgan fingerprint density at radius 3 is 3.00 bits per heavy atom. The van der Waals surface area contributed by atoms with Crippen LogP contribution in [0.4, 0.5) is 10.1 Å². The first-order valence-corrected chi connectivity index (χ1v) is 5.45. The van der Waals surface area contributed by atoms with E-state index >= 15 is 0 Å². The predicted octanol–water partition coefficient (Wildman–Crippen LogP) is 2.36. The number of nitrogen functional groups attached to an aromatic ring is 1. The van der Waals surface area contributed by atoms with E-state index in [0.717, 1.165) is 12.3 Å². The van der Waals surface area contributed by atoms with Gasteiger partial charge in [0.15, 0.2) is 17.3 Å². The van der Waals surface area contributed by atoms with Crippen molar-refractivity contribution in [3.8, 4) is 11.8 Å². The van der Waals surface area contributed by atoms with Gasteiger partial charge < -0.3 is 19.6 Å². The van der Waals surface area contributed by atoms with Crippen molar-refractivity contribution in [3.63, 3.8) is 0 Å². The molecular formula is C12H11FN2O4. The molecule has 0 fully saturated rings. The Hall–Kier alpha value is -2.57. The molecule has 0 unspecified atom stereocenters. The fourth-order valence-corrected chi connectivity index (χ4v) is 1.30. The summed E-state index contributed by atoms with van der Waals surface area (Å²) in [6.45, 7) is 1.88. The van der Waals surface area contributed by atoms with E-state index < -0.39 is 11.8 Å². The Kier molecular flexibility index (Phi) is 3.65. The number of nitrogens with two attached hydrogens (primary N) is 1. The van der Waals surface area contributed by atoms with Crippen molar-refractivity contribution in [2.75, 3.05) is 12.3 Å². The van der Waals surface area contributed by atoms with Crippen molar-refractivity contribution >= 4 is 11.7 Å². The molecule has 0 bridgehead atoms. The smallest absolute Gasteiger partial charge is 0.400 e. The average Bonchev–Trinajstić information content (AvgIpc) is 2.82. The van der Waals surface area contributed by atoms with Crippen LogP contribution in [0, 0.1) is 5.82 Å². The fraction of sp³-hybridized carbons (Fsp3) is 0.167. The van der Waals surface area contributed by atoms with Gasteiger partial charge in [0.2, 0.25) is 0 Å². The van der Waals surface area contributed by atoms with E-state index in [1.54, 1.807) is 6.92 Å². The minimum atomic E-state index is -0.657. The molecule has 2 aromatic rings. The van der Waals surface area contributed by atoms with Crippen molar-refractivity contribution < 1.29 is 23.1 Å². The second-order valence-electron chi connectivity index (χ2n) is 3.51. The zero-order chi connectivity index (χ0) is 13.8. The maximum absolute atomic E-state index is 13.5. The third-order valence-electron chi connectivity index (χ3n) is 2.12. The molecule has 7 heteroatoms. The van der Waals surface area contributed by atoms with Crippen molar-refractivity contribution in [1.82, 2.24) is 4.98 Å². The van der Waals surface area contributed by atoms with Gasteiger partial charge in [0.1, 0.15) is 6.26 Å². The number of carbonyl (C=O) groups excluding carboxylic acids is 1. The summed E-state index contributed by atoms with van der Waals surface area (Å²) in [5.74, 6) is -1.40. The van der Waals surface area contributed by atoms with E-state index in [0.29, 0.717) is 0 Å². The summed E-state index contributed by atoms with van der Waals surface area (Å²) in [4.78, 5) is 15.1. The molecule has 2 N–H and O–H groups in total. The Morgan fingerprint density at radius 2 is 2.32 bits per heavy atom. The van der Waals surface area contributed by atoms with Crippen LogP contribution in [-0.2, 0) is 4.74 Å². The van der Waals surface area contributed by atoms with E-state index in [4.69, 9.17) is 19.6 Å². The van der Waals surface area contributed by atoms with Crippen LogP contribution >= 0.6 is 0 Å². The highest BCUT2D eigenvalue weighted by Gasteiger charge is 2.15. The summed E-state index contributed by atoms with van der Waals surface area (Å²) < 4.78 is 28.1. The fourth-order valence-electron chi connectivity index (χ4n) is 1.30. The largest absolute Gasteiger partial charge is 0.461 e. The van der Waals surface area contributed by atoms with Gasteiger partial charge in [0.25, 0.3) is 0 Å². The molecule has 1 aromatic heterocycles. The molecule has 0 saturated heterocycles. The number of nitrogens with zero attached hydrogens (tertiary/aromatic N) is 1. The number of benzene rings is 1. The first-order valence-electron chi connectivity index (χ1n) is 5.45. The molecule has 0 aliphatic rings. The number of rotatable bonds is 4. The summed E-state index contributed by atoms with van der Waals surface area (Å²) in [7, 11) is 0. The first kappa shape index (κ1) is 12.9. The van der Waals surface area contributed by atoms with Crippen LogP contribution in [-0.4, -0.2) is 17.6 Å². The molecular weight excluding hydrogens is 255 g/mol. The van der Waals surface area contributed by atoms with Crippen LogP contribution in [0.3, 0.4) is 0 Å². The summed E-state index contributed by atoms with van der Waals surface area (Å²) >= 11 is 0. The maximum Gasteiger partial charge on any atom is 0.400 e. The Balaban J connectivity index is 2.13. The number of oxazole rings is 1. The molecule has 0 aliphatic carbocycles. The maximum atomic E-state index is 13.5. The molecule has 0 aliphatic heterocycles. The second-order valence-corrected chi connectivity index (χ2v) is 3.51. The topological polar surface area (TPSA) is 87.6 Å². The Morgan fingerprint density at radius 1 is 1.53 bits per heavy atom. The van der Waals surface area contributed by atoms with Crippen LogP contribution in [0.15, 0.2) is 28.9 Å². The summed E-state index contributed by atoms with van der Waals surface area (Å²) in [6.07, 6.45) is 0.814. The summed E-state index contributed by atoms with van der Waals surface area (Å²) in [6, 6.07) is 3.90. The van der Waals surface area contributed by atoms with Gasteiger partial charge >= 0.3 is 12.0 Å². The molecule has 0 amide bonds. The highest BCUT2D eigenvalue weighted by Crippen LogP contribution is 2.25. The van der Waals surface area contributed by atoms with E-state index in [1.165, 1.54) is 12.1 Å². The lowest BCUT2D eigenvalue weighted by Crippen LogP contribution is -2.04. The first-order chi connectivity index (χ1) is 9.10. The van der Waals surface area contributed by atoms with Crippen LogP contribution in [0.5, 0.6) is 11.8 Å². The monoisotopic (exact) mass is 266 g/mol. The number of hydrogen-bond acceptors (Lipinski definition) is 6. The Bertz CT molecular complexity index is 597. The lowest BCUT2D eigenvalue weighted by atomic mass is 10.3. The van der Waals surface area contributed by atoms with Gasteiger partial charge in [-0.2, -0.15) is 4.98 Å². The quantitative estimate of drug-likeness (QED) is 0.675. The zero-order valence-electron chi connectivity index (χ0n) is 10.1. The molecule has 100 valence electrons.